The van der Waals surface area contributed by atoms with Crippen molar-refractivity contribution in [1.82, 2.24) is 10.2 Å². The molecule has 38 heavy (non-hydrogen) atoms. The summed E-state index contributed by atoms with van der Waals surface area (Å²) in [6, 6.07) is 22.6. The maximum absolute atomic E-state index is 13.8. The number of benzene rings is 3. The van der Waals surface area contributed by atoms with Gasteiger partial charge in [-0.15, -0.1) is 0 Å². The lowest BCUT2D eigenvalue weighted by Crippen LogP contribution is -2.51. The Hall–Kier alpha value is -3.65. The van der Waals surface area contributed by atoms with Crippen LogP contribution in [0.3, 0.4) is 0 Å². The first kappa shape index (κ1) is 28.9. The second-order valence-electron chi connectivity index (χ2n) is 9.68. The van der Waals surface area contributed by atoms with Crippen LogP contribution < -0.4 is 9.62 Å². The van der Waals surface area contributed by atoms with Crippen molar-refractivity contribution in [1.29, 1.82) is 0 Å². The molecular weight excluding hydrogens is 498 g/mol. The van der Waals surface area contributed by atoms with Crippen LogP contribution in [0.1, 0.15) is 43.4 Å². The number of nitrogens with zero attached hydrogens (tertiary/aromatic N) is 2. The monoisotopic (exact) mass is 535 g/mol. The van der Waals surface area contributed by atoms with Crippen molar-refractivity contribution in [2.45, 2.75) is 51.0 Å². The standard InChI is InChI=1S/C30H37N3O4S/c1-22(2)26-13-15-27(16-14-26)33(38(36,37)28-17-11-23(3)12-18-28)21-29(34)32(24(4)30(35)31-5)20-19-25-9-7-6-8-10-25/h6-18,22,24H,19-21H2,1-5H3,(H,31,35). The van der Waals surface area contributed by atoms with E-state index in [0.717, 1.165) is 21.0 Å². The first-order valence-corrected chi connectivity index (χ1v) is 14.2. The number of hydrogen-bond donors (Lipinski definition) is 1. The molecular formula is C30H37N3O4S. The molecule has 0 aromatic heterocycles. The van der Waals surface area contributed by atoms with Gasteiger partial charge in [0.15, 0.2) is 0 Å². The number of carbonyl (C=O) groups excluding carboxylic acids is 2. The fourth-order valence-corrected chi connectivity index (χ4v) is 5.58. The van der Waals surface area contributed by atoms with Gasteiger partial charge >= 0.3 is 0 Å². The van der Waals surface area contributed by atoms with Gasteiger partial charge in [0.2, 0.25) is 11.8 Å². The largest absolute Gasteiger partial charge is 0.357 e. The molecule has 0 aliphatic carbocycles. The topological polar surface area (TPSA) is 86.8 Å². The van der Waals surface area contributed by atoms with Crippen molar-refractivity contribution < 1.29 is 18.0 Å². The van der Waals surface area contributed by atoms with Crippen molar-refractivity contribution in [3.63, 3.8) is 0 Å². The van der Waals surface area contributed by atoms with Crippen LogP contribution in [-0.4, -0.2) is 51.3 Å². The van der Waals surface area contributed by atoms with Crippen molar-refractivity contribution in [2.24, 2.45) is 0 Å². The highest BCUT2D eigenvalue weighted by Crippen LogP contribution is 2.26. The second kappa shape index (κ2) is 12.7. The molecule has 0 aliphatic rings. The minimum absolute atomic E-state index is 0.0963. The summed E-state index contributed by atoms with van der Waals surface area (Å²) in [5.74, 6) is -0.504. The SMILES string of the molecule is CNC(=O)C(C)N(CCc1ccccc1)C(=O)CN(c1ccc(C(C)C)cc1)S(=O)(=O)c1ccc(C)cc1. The zero-order chi connectivity index (χ0) is 27.9. The Kier molecular flexibility index (Phi) is 9.69. The van der Waals surface area contributed by atoms with Crippen LogP contribution in [0.4, 0.5) is 5.69 Å². The molecule has 0 spiro atoms. The number of likely N-dealkylation sites (N-methyl/N-ethyl adjacent to an activating group) is 1. The van der Waals surface area contributed by atoms with Gasteiger partial charge in [-0.25, -0.2) is 8.42 Å². The Morgan fingerprint density at radius 2 is 1.47 bits per heavy atom. The number of aryl methyl sites for hydroxylation is 1. The Balaban J connectivity index is 1.99. The average molecular weight is 536 g/mol. The average Bonchev–Trinajstić information content (AvgIpc) is 2.92. The van der Waals surface area contributed by atoms with Gasteiger partial charge in [-0.3, -0.25) is 13.9 Å². The predicted molar refractivity (Wildman–Crippen MR) is 152 cm³/mol. The van der Waals surface area contributed by atoms with Gasteiger partial charge in [0.1, 0.15) is 12.6 Å². The van der Waals surface area contributed by atoms with E-state index in [2.05, 4.69) is 19.2 Å². The summed E-state index contributed by atoms with van der Waals surface area (Å²) in [6.07, 6.45) is 0.529. The highest BCUT2D eigenvalue weighted by molar-refractivity contribution is 7.92. The van der Waals surface area contributed by atoms with E-state index in [1.807, 2.05) is 49.4 Å². The Morgan fingerprint density at radius 3 is 2.03 bits per heavy atom. The maximum Gasteiger partial charge on any atom is 0.264 e. The molecule has 0 bridgehead atoms. The zero-order valence-electron chi connectivity index (χ0n) is 22.7. The van der Waals surface area contributed by atoms with Crippen molar-refractivity contribution in [3.05, 3.63) is 95.6 Å². The molecule has 0 saturated carbocycles. The molecule has 0 aliphatic heterocycles. The summed E-state index contributed by atoms with van der Waals surface area (Å²) in [6.45, 7) is 7.48. The molecule has 1 unspecified atom stereocenters. The van der Waals surface area contributed by atoms with E-state index >= 15 is 0 Å². The Bertz CT molecular complexity index is 1320. The summed E-state index contributed by atoms with van der Waals surface area (Å²) >= 11 is 0. The molecule has 1 atom stereocenters. The fraction of sp³-hybridized carbons (Fsp3) is 0.333. The summed E-state index contributed by atoms with van der Waals surface area (Å²) in [5.41, 5.74) is 3.39. The highest BCUT2D eigenvalue weighted by atomic mass is 32.2. The smallest absolute Gasteiger partial charge is 0.264 e. The van der Waals surface area contributed by atoms with Gasteiger partial charge in [0, 0.05) is 13.6 Å². The second-order valence-corrected chi connectivity index (χ2v) is 11.5. The van der Waals surface area contributed by atoms with Gasteiger partial charge in [-0.05, 0) is 61.6 Å². The Morgan fingerprint density at radius 1 is 0.868 bits per heavy atom. The number of amides is 2. The third kappa shape index (κ3) is 7.01. The first-order chi connectivity index (χ1) is 18.0. The molecule has 7 nitrogen and oxygen atoms in total. The summed E-state index contributed by atoms with van der Waals surface area (Å²) < 4.78 is 28.8. The molecule has 0 saturated heterocycles. The molecule has 1 N–H and O–H groups in total. The van der Waals surface area contributed by atoms with Crippen molar-refractivity contribution in [2.75, 3.05) is 24.4 Å². The highest BCUT2D eigenvalue weighted by Gasteiger charge is 2.32. The quantitative estimate of drug-likeness (QED) is 0.391. The van der Waals surface area contributed by atoms with Crippen LogP contribution in [0.5, 0.6) is 0 Å². The Labute approximate surface area is 226 Å². The van der Waals surface area contributed by atoms with Crippen molar-refractivity contribution >= 4 is 27.5 Å². The summed E-state index contributed by atoms with van der Waals surface area (Å²) in [7, 11) is -2.55. The lowest BCUT2D eigenvalue weighted by atomic mass is 10.0. The molecule has 3 rings (SSSR count). The molecule has 2 amide bonds. The van der Waals surface area contributed by atoms with E-state index in [9.17, 15) is 18.0 Å². The number of carbonyl (C=O) groups is 2. The minimum atomic E-state index is -4.07. The van der Waals surface area contributed by atoms with E-state index in [1.54, 1.807) is 43.3 Å². The summed E-state index contributed by atoms with van der Waals surface area (Å²) in [5, 5.41) is 2.60. The third-order valence-electron chi connectivity index (χ3n) is 6.63. The zero-order valence-corrected chi connectivity index (χ0v) is 23.5. The van der Waals surface area contributed by atoms with Crippen LogP contribution in [0.25, 0.3) is 0 Å². The third-order valence-corrected chi connectivity index (χ3v) is 8.42. The van der Waals surface area contributed by atoms with E-state index in [-0.39, 0.29) is 23.3 Å². The molecule has 0 heterocycles. The molecule has 3 aromatic carbocycles. The number of rotatable bonds is 11. The maximum atomic E-state index is 13.8. The van der Waals surface area contributed by atoms with Gasteiger partial charge in [-0.2, -0.15) is 0 Å². The van der Waals surface area contributed by atoms with Crippen LogP contribution in [0.15, 0.2) is 83.8 Å². The van der Waals surface area contributed by atoms with E-state index in [4.69, 9.17) is 0 Å². The van der Waals surface area contributed by atoms with Crippen LogP contribution in [0.2, 0.25) is 0 Å². The van der Waals surface area contributed by atoms with Crippen molar-refractivity contribution in [3.8, 4) is 0 Å². The number of hydrogen-bond acceptors (Lipinski definition) is 4. The summed E-state index contributed by atoms with van der Waals surface area (Å²) in [4.78, 5) is 27.8. The number of nitrogens with one attached hydrogen (secondary N) is 1. The van der Waals surface area contributed by atoms with Gasteiger partial charge in [-0.1, -0.05) is 74.0 Å². The van der Waals surface area contributed by atoms with Crippen LogP contribution in [0, 0.1) is 6.92 Å². The van der Waals surface area contributed by atoms with Crippen LogP contribution >= 0.6 is 0 Å². The lowest BCUT2D eigenvalue weighted by Gasteiger charge is -2.32. The van der Waals surface area contributed by atoms with Gasteiger partial charge < -0.3 is 10.2 Å². The molecule has 8 heteroatoms. The molecule has 0 fully saturated rings. The number of sulfonamides is 1. The lowest BCUT2D eigenvalue weighted by molar-refractivity contribution is -0.138. The minimum Gasteiger partial charge on any atom is -0.357 e. The predicted octanol–water partition coefficient (Wildman–Crippen LogP) is 4.52. The van der Waals surface area contributed by atoms with Gasteiger partial charge in [0.25, 0.3) is 10.0 Å². The van der Waals surface area contributed by atoms with Gasteiger partial charge in [0.05, 0.1) is 10.6 Å². The fourth-order valence-electron chi connectivity index (χ4n) is 4.17. The number of anilines is 1. The molecule has 3 aromatic rings. The molecule has 202 valence electrons. The van der Waals surface area contributed by atoms with E-state index in [0.29, 0.717) is 12.1 Å². The molecule has 0 radical (unpaired) electrons. The van der Waals surface area contributed by atoms with Crippen LogP contribution in [-0.2, 0) is 26.0 Å². The van der Waals surface area contributed by atoms with E-state index < -0.39 is 28.5 Å². The first-order valence-electron chi connectivity index (χ1n) is 12.8. The normalized spacial score (nSPS) is 12.2. The van der Waals surface area contributed by atoms with E-state index in [1.165, 1.54) is 11.9 Å².